The number of hydrogen-bond acceptors (Lipinski definition) is 4. The van der Waals surface area contributed by atoms with Gasteiger partial charge in [0, 0.05) is 31.7 Å². The van der Waals surface area contributed by atoms with E-state index >= 15 is 0 Å². The van der Waals surface area contributed by atoms with Crippen LogP contribution in [-0.2, 0) is 16.6 Å². The van der Waals surface area contributed by atoms with E-state index in [1.807, 2.05) is 30.3 Å². The maximum absolute atomic E-state index is 13.0. The highest BCUT2D eigenvalue weighted by Crippen LogP contribution is 2.20. The molecule has 2 aromatic rings. The van der Waals surface area contributed by atoms with Crippen LogP contribution in [0.5, 0.6) is 0 Å². The number of halogens is 3. The molecule has 1 N–H and O–H groups in total. The first-order chi connectivity index (χ1) is 14.6. The molecule has 1 fully saturated rings. The van der Waals surface area contributed by atoms with Crippen LogP contribution in [0.1, 0.15) is 22.3 Å². The summed E-state index contributed by atoms with van der Waals surface area (Å²) < 4.78 is 64.1. The smallest absolute Gasteiger partial charge is 0.343 e. The molecule has 2 aromatic carbocycles. The SMILES string of the molecule is O=C(NCC(F)(F)F)c1ccc(S(=O)(=O)N2CCCN(Cc3ccccc3)CC2)cc1. The zero-order valence-corrected chi connectivity index (χ0v) is 17.6. The zero-order chi connectivity index (χ0) is 22.5. The van der Waals surface area contributed by atoms with Crippen LogP contribution in [0.2, 0.25) is 0 Å². The minimum atomic E-state index is -4.51. The van der Waals surface area contributed by atoms with Gasteiger partial charge in [-0.15, -0.1) is 0 Å². The van der Waals surface area contributed by atoms with E-state index in [0.717, 1.165) is 18.7 Å². The van der Waals surface area contributed by atoms with Crippen LogP contribution >= 0.6 is 0 Å². The second kappa shape index (κ2) is 9.80. The molecule has 0 radical (unpaired) electrons. The van der Waals surface area contributed by atoms with Crippen LogP contribution in [0.4, 0.5) is 13.2 Å². The van der Waals surface area contributed by atoms with E-state index in [2.05, 4.69) is 4.90 Å². The Hall–Kier alpha value is -2.43. The van der Waals surface area contributed by atoms with Crippen LogP contribution in [0, 0.1) is 0 Å². The largest absolute Gasteiger partial charge is 0.405 e. The number of alkyl halides is 3. The summed E-state index contributed by atoms with van der Waals surface area (Å²) in [4.78, 5) is 14.0. The van der Waals surface area contributed by atoms with Gasteiger partial charge in [0.1, 0.15) is 6.54 Å². The fraction of sp³-hybridized carbons (Fsp3) is 0.381. The maximum atomic E-state index is 13.0. The predicted octanol–water partition coefficient (Wildman–Crippen LogP) is 2.88. The number of amides is 1. The van der Waals surface area contributed by atoms with E-state index in [-0.39, 0.29) is 10.5 Å². The van der Waals surface area contributed by atoms with E-state index in [4.69, 9.17) is 0 Å². The molecule has 3 rings (SSSR count). The number of nitrogens with one attached hydrogen (secondary N) is 1. The first kappa shape index (κ1) is 23.2. The Morgan fingerprint density at radius 3 is 2.26 bits per heavy atom. The lowest BCUT2D eigenvalue weighted by atomic mass is 10.2. The topological polar surface area (TPSA) is 69.7 Å². The number of carbonyl (C=O) groups is 1. The molecule has 168 valence electrons. The average molecular weight is 456 g/mol. The Morgan fingerprint density at radius 1 is 0.935 bits per heavy atom. The number of carbonyl (C=O) groups excluding carboxylic acids is 1. The summed E-state index contributed by atoms with van der Waals surface area (Å²) in [6, 6.07) is 14.9. The normalized spacial score (nSPS) is 16.6. The van der Waals surface area contributed by atoms with Crippen molar-refractivity contribution in [3.05, 3.63) is 65.7 Å². The third kappa shape index (κ3) is 6.52. The molecule has 31 heavy (non-hydrogen) atoms. The summed E-state index contributed by atoms with van der Waals surface area (Å²) in [5.41, 5.74) is 1.13. The van der Waals surface area contributed by atoms with Crippen LogP contribution in [0.25, 0.3) is 0 Å². The van der Waals surface area contributed by atoms with Crippen molar-refractivity contribution >= 4 is 15.9 Å². The molecule has 1 saturated heterocycles. The van der Waals surface area contributed by atoms with E-state index in [0.29, 0.717) is 26.1 Å². The fourth-order valence-electron chi connectivity index (χ4n) is 3.40. The first-order valence-electron chi connectivity index (χ1n) is 9.86. The Morgan fingerprint density at radius 2 is 1.61 bits per heavy atom. The van der Waals surface area contributed by atoms with Crippen LogP contribution in [0.3, 0.4) is 0 Å². The second-order valence-electron chi connectivity index (χ2n) is 7.34. The standard InChI is InChI=1S/C21H24F3N3O3S/c22-21(23,24)16-25-20(28)18-7-9-19(10-8-18)31(29,30)27-12-4-11-26(13-14-27)15-17-5-2-1-3-6-17/h1-3,5-10H,4,11-16H2,(H,25,28). The molecular weight excluding hydrogens is 431 g/mol. The molecule has 0 spiro atoms. The van der Waals surface area contributed by atoms with Crippen LogP contribution in [0.15, 0.2) is 59.5 Å². The highest BCUT2D eigenvalue weighted by Gasteiger charge is 2.29. The molecule has 0 aliphatic carbocycles. The Kier molecular flexibility index (Phi) is 7.34. The summed E-state index contributed by atoms with van der Waals surface area (Å²) in [7, 11) is -3.76. The van der Waals surface area contributed by atoms with Crippen molar-refractivity contribution in [1.29, 1.82) is 0 Å². The molecule has 0 bridgehead atoms. The molecule has 0 unspecified atom stereocenters. The van der Waals surface area contributed by atoms with Crippen molar-refractivity contribution in [2.45, 2.75) is 24.0 Å². The Bertz CT molecular complexity index is 980. The average Bonchev–Trinajstić information content (AvgIpc) is 2.98. The van der Waals surface area contributed by atoms with Gasteiger partial charge in [-0.1, -0.05) is 30.3 Å². The lowest BCUT2D eigenvalue weighted by molar-refractivity contribution is -0.123. The van der Waals surface area contributed by atoms with E-state index in [1.54, 1.807) is 5.32 Å². The van der Waals surface area contributed by atoms with Crippen LogP contribution in [-0.4, -0.2) is 62.4 Å². The zero-order valence-electron chi connectivity index (χ0n) is 16.8. The van der Waals surface area contributed by atoms with Crippen molar-refractivity contribution in [1.82, 2.24) is 14.5 Å². The minimum Gasteiger partial charge on any atom is -0.343 e. The Labute approximate surface area is 179 Å². The van der Waals surface area contributed by atoms with Crippen molar-refractivity contribution in [3.63, 3.8) is 0 Å². The summed E-state index contributed by atoms with van der Waals surface area (Å²) in [5, 5.41) is 1.76. The van der Waals surface area contributed by atoms with Gasteiger partial charge in [0.05, 0.1) is 4.90 Å². The van der Waals surface area contributed by atoms with Gasteiger partial charge >= 0.3 is 6.18 Å². The predicted molar refractivity (Wildman–Crippen MR) is 110 cm³/mol. The van der Waals surface area contributed by atoms with E-state index in [1.165, 1.54) is 28.6 Å². The lowest BCUT2D eigenvalue weighted by Gasteiger charge is -2.22. The number of sulfonamides is 1. The van der Waals surface area contributed by atoms with Gasteiger partial charge in [-0.2, -0.15) is 17.5 Å². The summed E-state index contributed by atoms with van der Waals surface area (Å²) >= 11 is 0. The molecule has 1 amide bonds. The fourth-order valence-corrected chi connectivity index (χ4v) is 4.87. The second-order valence-corrected chi connectivity index (χ2v) is 9.28. The first-order valence-corrected chi connectivity index (χ1v) is 11.3. The van der Waals surface area contributed by atoms with Crippen molar-refractivity contribution in [2.24, 2.45) is 0 Å². The van der Waals surface area contributed by atoms with Crippen molar-refractivity contribution < 1.29 is 26.4 Å². The van der Waals surface area contributed by atoms with E-state index < -0.39 is 28.7 Å². The van der Waals surface area contributed by atoms with Gasteiger partial charge in [0.15, 0.2) is 0 Å². The van der Waals surface area contributed by atoms with Crippen molar-refractivity contribution in [2.75, 3.05) is 32.7 Å². The van der Waals surface area contributed by atoms with Gasteiger partial charge in [0.25, 0.3) is 5.91 Å². The van der Waals surface area contributed by atoms with Gasteiger partial charge in [-0.3, -0.25) is 9.69 Å². The summed E-state index contributed by atoms with van der Waals surface area (Å²) in [6.07, 6.45) is -3.83. The molecule has 1 heterocycles. The molecule has 1 aliphatic heterocycles. The van der Waals surface area contributed by atoms with Crippen LogP contribution < -0.4 is 5.32 Å². The van der Waals surface area contributed by atoms with Gasteiger partial charge in [0.2, 0.25) is 10.0 Å². The highest BCUT2D eigenvalue weighted by atomic mass is 32.2. The molecule has 6 nitrogen and oxygen atoms in total. The quantitative estimate of drug-likeness (QED) is 0.727. The third-order valence-corrected chi connectivity index (χ3v) is 6.91. The lowest BCUT2D eigenvalue weighted by Crippen LogP contribution is -2.35. The molecule has 0 atom stereocenters. The molecule has 0 saturated carbocycles. The third-order valence-electron chi connectivity index (χ3n) is 5.00. The molecule has 0 aromatic heterocycles. The van der Waals surface area contributed by atoms with Gasteiger partial charge in [-0.05, 0) is 42.8 Å². The van der Waals surface area contributed by atoms with Gasteiger partial charge in [-0.25, -0.2) is 8.42 Å². The minimum absolute atomic E-state index is 0.0105. The van der Waals surface area contributed by atoms with E-state index in [9.17, 15) is 26.4 Å². The number of nitrogens with zero attached hydrogens (tertiary/aromatic N) is 2. The number of hydrogen-bond donors (Lipinski definition) is 1. The van der Waals surface area contributed by atoms with Crippen molar-refractivity contribution in [3.8, 4) is 0 Å². The maximum Gasteiger partial charge on any atom is 0.405 e. The molecular formula is C21H24F3N3O3S. The Balaban J connectivity index is 1.62. The molecule has 1 aliphatic rings. The highest BCUT2D eigenvalue weighted by molar-refractivity contribution is 7.89. The van der Waals surface area contributed by atoms with Gasteiger partial charge < -0.3 is 5.32 Å². The number of benzene rings is 2. The monoisotopic (exact) mass is 455 g/mol. The summed E-state index contributed by atoms with van der Waals surface area (Å²) in [5.74, 6) is -0.910. The summed E-state index contributed by atoms with van der Waals surface area (Å²) in [6.45, 7) is 1.38. The molecule has 10 heteroatoms. The number of rotatable bonds is 6.